The zero-order valence-electron chi connectivity index (χ0n) is 14.7. The van der Waals surface area contributed by atoms with Gasteiger partial charge in [0, 0.05) is 17.4 Å². The van der Waals surface area contributed by atoms with E-state index >= 15 is 0 Å². The third kappa shape index (κ3) is 3.30. The standard InChI is InChI=1S/C20H17ClF3N3O/c21-14-8-2-4-10-16(14)26-19(28)27-11-5-7-13-12-6-1-3-9-15(12)25-17(13)18(27)20(22,23)24/h1-4,6,8-10,18,25H,5,7,11H2,(H,26,28). The first-order valence-corrected chi connectivity index (χ1v) is 9.22. The van der Waals surface area contributed by atoms with Gasteiger partial charge in [0.1, 0.15) is 0 Å². The molecule has 1 aliphatic heterocycles. The number of fused-ring (bicyclic) bond motifs is 3. The van der Waals surface area contributed by atoms with Crippen LogP contribution >= 0.6 is 11.6 Å². The fraction of sp³-hybridized carbons (Fsp3) is 0.250. The van der Waals surface area contributed by atoms with Crippen LogP contribution in [-0.2, 0) is 6.42 Å². The molecular weight excluding hydrogens is 391 g/mol. The first kappa shape index (κ1) is 18.7. The summed E-state index contributed by atoms with van der Waals surface area (Å²) in [7, 11) is 0. The lowest BCUT2D eigenvalue weighted by Crippen LogP contribution is -2.44. The number of benzene rings is 2. The fourth-order valence-electron chi connectivity index (χ4n) is 3.74. The molecule has 2 heterocycles. The Balaban J connectivity index is 1.76. The molecule has 2 aromatic carbocycles. The SMILES string of the molecule is O=C(Nc1ccccc1Cl)N1CCCc2c([nH]c3ccccc23)C1C(F)(F)F. The predicted molar refractivity (Wildman–Crippen MR) is 103 cm³/mol. The van der Waals surface area contributed by atoms with Crippen LogP contribution in [0, 0.1) is 0 Å². The molecule has 1 aromatic heterocycles. The number of hydrogen-bond donors (Lipinski definition) is 2. The molecule has 1 unspecified atom stereocenters. The number of nitrogens with one attached hydrogen (secondary N) is 2. The number of aromatic amines is 1. The summed E-state index contributed by atoms with van der Waals surface area (Å²) < 4.78 is 42.3. The van der Waals surface area contributed by atoms with Crippen molar-refractivity contribution in [2.24, 2.45) is 0 Å². The highest BCUT2D eigenvalue weighted by atomic mass is 35.5. The second kappa shape index (κ2) is 7.05. The molecule has 2 amide bonds. The van der Waals surface area contributed by atoms with E-state index in [0.717, 1.165) is 10.3 Å². The molecule has 4 nitrogen and oxygen atoms in total. The molecule has 2 N–H and O–H groups in total. The number of aromatic nitrogens is 1. The van der Waals surface area contributed by atoms with Gasteiger partial charge in [0.05, 0.1) is 16.4 Å². The Morgan fingerprint density at radius 3 is 2.61 bits per heavy atom. The van der Waals surface area contributed by atoms with E-state index in [1.165, 1.54) is 0 Å². The topological polar surface area (TPSA) is 48.1 Å². The minimum absolute atomic E-state index is 0.0166. The van der Waals surface area contributed by atoms with Crippen LogP contribution in [0.3, 0.4) is 0 Å². The predicted octanol–water partition coefficient (Wildman–Crippen LogP) is 5.91. The van der Waals surface area contributed by atoms with Gasteiger partial charge in [0.25, 0.3) is 0 Å². The van der Waals surface area contributed by atoms with Crippen molar-refractivity contribution in [2.45, 2.75) is 25.1 Å². The zero-order valence-corrected chi connectivity index (χ0v) is 15.4. The number of urea groups is 1. The Bertz CT molecular complexity index is 1030. The number of amides is 2. The highest BCUT2D eigenvalue weighted by Gasteiger charge is 2.49. The maximum atomic E-state index is 14.1. The number of carbonyl (C=O) groups is 1. The quantitative estimate of drug-likeness (QED) is 0.518. The van der Waals surface area contributed by atoms with Crippen molar-refractivity contribution in [1.29, 1.82) is 0 Å². The van der Waals surface area contributed by atoms with E-state index in [-0.39, 0.29) is 22.9 Å². The number of H-pyrrole nitrogens is 1. The van der Waals surface area contributed by atoms with Gasteiger partial charge in [-0.25, -0.2) is 4.79 Å². The van der Waals surface area contributed by atoms with Crippen LogP contribution in [0.15, 0.2) is 48.5 Å². The summed E-state index contributed by atoms with van der Waals surface area (Å²) in [5.74, 6) is 0. The Morgan fingerprint density at radius 2 is 1.86 bits per heavy atom. The van der Waals surface area contributed by atoms with Crippen molar-refractivity contribution in [2.75, 3.05) is 11.9 Å². The number of carbonyl (C=O) groups excluding carboxylic acids is 1. The summed E-state index contributed by atoms with van der Waals surface area (Å²) in [4.78, 5) is 16.5. The van der Waals surface area contributed by atoms with Gasteiger partial charge in [-0.2, -0.15) is 13.2 Å². The third-order valence-electron chi connectivity index (χ3n) is 4.94. The van der Waals surface area contributed by atoms with Crippen LogP contribution in [0.1, 0.15) is 23.7 Å². The smallest absolute Gasteiger partial charge is 0.356 e. The second-order valence-electron chi connectivity index (χ2n) is 6.71. The highest BCUT2D eigenvalue weighted by molar-refractivity contribution is 6.33. The summed E-state index contributed by atoms with van der Waals surface area (Å²) >= 11 is 6.04. The summed E-state index contributed by atoms with van der Waals surface area (Å²) in [5.41, 5.74) is 1.55. The number of rotatable bonds is 1. The maximum Gasteiger partial charge on any atom is 0.414 e. The van der Waals surface area contributed by atoms with E-state index in [1.807, 2.05) is 0 Å². The van der Waals surface area contributed by atoms with E-state index in [2.05, 4.69) is 10.3 Å². The number of anilines is 1. The fourth-order valence-corrected chi connectivity index (χ4v) is 3.93. The Hall–Kier alpha value is -2.67. The first-order chi connectivity index (χ1) is 13.4. The molecule has 0 bridgehead atoms. The third-order valence-corrected chi connectivity index (χ3v) is 5.27. The van der Waals surface area contributed by atoms with Crippen LogP contribution in [-0.4, -0.2) is 28.6 Å². The Morgan fingerprint density at radius 1 is 1.14 bits per heavy atom. The normalized spacial score (nSPS) is 17.3. The van der Waals surface area contributed by atoms with Crippen molar-refractivity contribution in [3.8, 4) is 0 Å². The van der Waals surface area contributed by atoms with E-state index in [4.69, 9.17) is 11.6 Å². The van der Waals surface area contributed by atoms with Crippen LogP contribution in [0.2, 0.25) is 5.02 Å². The summed E-state index contributed by atoms with van der Waals surface area (Å²) in [6.07, 6.45) is -3.74. The van der Waals surface area contributed by atoms with Crippen molar-refractivity contribution in [3.05, 3.63) is 64.8 Å². The molecule has 0 aliphatic carbocycles. The van der Waals surface area contributed by atoms with Crippen molar-refractivity contribution in [1.82, 2.24) is 9.88 Å². The molecular formula is C20H17ClF3N3O. The highest BCUT2D eigenvalue weighted by Crippen LogP contribution is 2.43. The monoisotopic (exact) mass is 407 g/mol. The minimum Gasteiger partial charge on any atom is -0.356 e. The van der Waals surface area contributed by atoms with E-state index in [0.29, 0.717) is 23.9 Å². The minimum atomic E-state index is -4.63. The van der Waals surface area contributed by atoms with Gasteiger partial charge in [-0.15, -0.1) is 0 Å². The Kier molecular flexibility index (Phi) is 4.71. The average molecular weight is 408 g/mol. The first-order valence-electron chi connectivity index (χ1n) is 8.84. The molecule has 1 atom stereocenters. The average Bonchev–Trinajstić information content (AvgIpc) is 2.87. The van der Waals surface area contributed by atoms with Crippen molar-refractivity contribution in [3.63, 3.8) is 0 Å². The molecule has 0 saturated carbocycles. The van der Waals surface area contributed by atoms with Gasteiger partial charge < -0.3 is 15.2 Å². The van der Waals surface area contributed by atoms with Gasteiger partial charge in [-0.1, -0.05) is 41.9 Å². The van der Waals surface area contributed by atoms with Gasteiger partial charge in [-0.05, 0) is 36.6 Å². The van der Waals surface area contributed by atoms with E-state index in [1.54, 1.807) is 48.5 Å². The largest absolute Gasteiger partial charge is 0.414 e. The lowest BCUT2D eigenvalue weighted by Gasteiger charge is -2.31. The molecule has 1 aliphatic rings. The number of para-hydroxylation sites is 2. The van der Waals surface area contributed by atoms with Gasteiger partial charge in [-0.3, -0.25) is 0 Å². The maximum absolute atomic E-state index is 14.1. The molecule has 0 radical (unpaired) electrons. The molecule has 0 fully saturated rings. The zero-order chi connectivity index (χ0) is 19.9. The Labute approximate surface area is 164 Å². The lowest BCUT2D eigenvalue weighted by molar-refractivity contribution is -0.178. The molecule has 4 rings (SSSR count). The summed E-state index contributed by atoms with van der Waals surface area (Å²) in [6, 6.07) is 10.7. The van der Waals surface area contributed by atoms with E-state index < -0.39 is 18.2 Å². The van der Waals surface area contributed by atoms with E-state index in [9.17, 15) is 18.0 Å². The molecule has 0 spiro atoms. The number of alkyl halides is 3. The van der Waals surface area contributed by atoms with Crippen LogP contribution in [0.4, 0.5) is 23.7 Å². The molecule has 28 heavy (non-hydrogen) atoms. The molecule has 8 heteroatoms. The van der Waals surface area contributed by atoms with Gasteiger partial charge in [0.15, 0.2) is 6.04 Å². The lowest BCUT2D eigenvalue weighted by atomic mass is 10.0. The number of aryl methyl sites for hydroxylation is 1. The van der Waals surface area contributed by atoms with Crippen LogP contribution in [0.5, 0.6) is 0 Å². The number of halogens is 4. The molecule has 146 valence electrons. The summed E-state index contributed by atoms with van der Waals surface area (Å²) in [6.45, 7) is -0.0166. The summed E-state index contributed by atoms with van der Waals surface area (Å²) in [5, 5.41) is 3.54. The molecule has 3 aromatic rings. The van der Waals surface area contributed by atoms with Crippen molar-refractivity contribution < 1.29 is 18.0 Å². The second-order valence-corrected chi connectivity index (χ2v) is 7.12. The number of hydrogen-bond acceptors (Lipinski definition) is 1. The van der Waals surface area contributed by atoms with Crippen LogP contribution in [0.25, 0.3) is 10.9 Å². The molecule has 0 saturated heterocycles. The van der Waals surface area contributed by atoms with Crippen molar-refractivity contribution >= 4 is 34.2 Å². The van der Waals surface area contributed by atoms with Crippen LogP contribution < -0.4 is 5.32 Å². The van der Waals surface area contributed by atoms with Gasteiger partial charge in [0.2, 0.25) is 0 Å². The van der Waals surface area contributed by atoms with Gasteiger partial charge >= 0.3 is 12.2 Å². The number of nitrogens with zero attached hydrogens (tertiary/aromatic N) is 1.